The molecule has 0 bridgehead atoms. The quantitative estimate of drug-likeness (QED) is 0.780. The van der Waals surface area contributed by atoms with Crippen LogP contribution in [-0.2, 0) is 16.6 Å². The largest absolute Gasteiger partial charge is 0.381 e. The average Bonchev–Trinajstić information content (AvgIpc) is 2.99. The molecule has 2 rings (SSSR count). The van der Waals surface area contributed by atoms with Gasteiger partial charge >= 0.3 is 0 Å². The number of nitrogens with zero attached hydrogens (tertiary/aromatic N) is 2. The normalized spacial score (nSPS) is 16.3. The van der Waals surface area contributed by atoms with Crippen molar-refractivity contribution in [1.29, 1.82) is 0 Å². The standard InChI is InChI=1S/C10H18N4O2S/c1-2-14-7-9(10(11)13-14)17(15,16)12-6-5-8-3-4-8/h7-8,12H,2-6H2,1H3,(H2,11,13). The van der Waals surface area contributed by atoms with E-state index >= 15 is 0 Å². The lowest BCUT2D eigenvalue weighted by Gasteiger charge is -2.04. The van der Waals surface area contributed by atoms with Crippen molar-refractivity contribution < 1.29 is 8.42 Å². The van der Waals surface area contributed by atoms with Crippen molar-refractivity contribution in [3.8, 4) is 0 Å². The van der Waals surface area contributed by atoms with Crippen molar-refractivity contribution in [3.05, 3.63) is 6.20 Å². The molecule has 1 aliphatic rings. The maximum atomic E-state index is 11.9. The first kappa shape index (κ1) is 12.4. The zero-order valence-electron chi connectivity index (χ0n) is 9.89. The highest BCUT2D eigenvalue weighted by Crippen LogP contribution is 2.31. The van der Waals surface area contributed by atoms with E-state index in [-0.39, 0.29) is 10.7 Å². The van der Waals surface area contributed by atoms with Gasteiger partial charge in [-0.3, -0.25) is 4.68 Å². The summed E-state index contributed by atoms with van der Waals surface area (Å²) in [5, 5.41) is 3.93. The van der Waals surface area contributed by atoms with E-state index in [1.165, 1.54) is 23.7 Å². The Morgan fingerprint density at radius 2 is 2.29 bits per heavy atom. The van der Waals surface area contributed by atoms with Crippen LogP contribution in [0.5, 0.6) is 0 Å². The van der Waals surface area contributed by atoms with Crippen LogP contribution in [0.3, 0.4) is 0 Å². The fourth-order valence-electron chi connectivity index (χ4n) is 1.67. The van der Waals surface area contributed by atoms with Gasteiger partial charge in [0.2, 0.25) is 10.0 Å². The molecule has 0 aliphatic heterocycles. The SMILES string of the molecule is CCn1cc(S(=O)(=O)NCCC2CC2)c(N)n1. The molecule has 0 radical (unpaired) electrons. The first-order valence-corrected chi connectivity index (χ1v) is 7.34. The predicted octanol–water partition coefficient (Wildman–Crippen LogP) is 0.564. The van der Waals surface area contributed by atoms with Crippen LogP contribution in [0.1, 0.15) is 26.2 Å². The minimum atomic E-state index is -3.51. The van der Waals surface area contributed by atoms with Crippen LogP contribution >= 0.6 is 0 Å². The summed E-state index contributed by atoms with van der Waals surface area (Å²) in [5.41, 5.74) is 5.60. The lowest BCUT2D eigenvalue weighted by molar-refractivity contribution is 0.575. The van der Waals surface area contributed by atoms with Gasteiger partial charge in [-0.15, -0.1) is 0 Å². The smallest absolute Gasteiger partial charge is 0.245 e. The average molecular weight is 258 g/mol. The number of aromatic nitrogens is 2. The van der Waals surface area contributed by atoms with E-state index in [4.69, 9.17) is 5.73 Å². The van der Waals surface area contributed by atoms with Crippen LogP contribution in [0.4, 0.5) is 5.82 Å². The third-order valence-electron chi connectivity index (χ3n) is 2.91. The Hall–Kier alpha value is -1.08. The molecule has 0 spiro atoms. The zero-order chi connectivity index (χ0) is 12.5. The van der Waals surface area contributed by atoms with Crippen LogP contribution in [0.25, 0.3) is 0 Å². The van der Waals surface area contributed by atoms with Gasteiger partial charge in [-0.2, -0.15) is 5.10 Å². The molecule has 0 atom stereocenters. The third kappa shape index (κ3) is 2.98. The van der Waals surface area contributed by atoms with Gasteiger partial charge in [0.1, 0.15) is 4.90 Å². The van der Waals surface area contributed by atoms with Crippen LogP contribution in [0.15, 0.2) is 11.1 Å². The van der Waals surface area contributed by atoms with E-state index in [9.17, 15) is 8.42 Å². The van der Waals surface area contributed by atoms with Gasteiger partial charge in [0, 0.05) is 19.3 Å². The van der Waals surface area contributed by atoms with Crippen molar-refractivity contribution >= 4 is 15.8 Å². The Bertz CT molecular complexity index is 490. The van der Waals surface area contributed by atoms with Gasteiger partial charge in [0.15, 0.2) is 5.82 Å². The van der Waals surface area contributed by atoms with Gasteiger partial charge < -0.3 is 5.73 Å². The van der Waals surface area contributed by atoms with Gasteiger partial charge in [-0.25, -0.2) is 13.1 Å². The molecule has 1 fully saturated rings. The molecular formula is C10H18N4O2S. The molecule has 0 unspecified atom stereocenters. The fourth-order valence-corrected chi connectivity index (χ4v) is 2.79. The maximum Gasteiger partial charge on any atom is 0.245 e. The summed E-state index contributed by atoms with van der Waals surface area (Å²) in [5.74, 6) is 0.763. The summed E-state index contributed by atoms with van der Waals surface area (Å²) in [6.45, 7) is 2.95. The minimum absolute atomic E-state index is 0.0609. The van der Waals surface area contributed by atoms with Gasteiger partial charge in [-0.05, 0) is 19.3 Å². The number of nitrogens with two attached hydrogens (primary N) is 1. The second kappa shape index (κ2) is 4.66. The van der Waals surface area contributed by atoms with E-state index in [2.05, 4.69) is 9.82 Å². The lowest BCUT2D eigenvalue weighted by atomic mass is 10.3. The molecule has 7 heteroatoms. The molecular weight excluding hydrogens is 240 g/mol. The number of nitrogens with one attached hydrogen (secondary N) is 1. The molecule has 0 saturated heterocycles. The number of anilines is 1. The molecule has 3 N–H and O–H groups in total. The number of rotatable bonds is 6. The van der Waals surface area contributed by atoms with E-state index in [1.807, 2.05) is 6.92 Å². The molecule has 96 valence electrons. The molecule has 1 heterocycles. The number of aryl methyl sites for hydroxylation is 1. The molecule has 1 saturated carbocycles. The third-order valence-corrected chi connectivity index (χ3v) is 4.39. The first-order valence-electron chi connectivity index (χ1n) is 5.85. The summed E-state index contributed by atoms with van der Waals surface area (Å²) < 4.78 is 28.0. The number of sulfonamides is 1. The van der Waals surface area contributed by atoms with Crippen molar-refractivity contribution in [2.75, 3.05) is 12.3 Å². The Morgan fingerprint density at radius 3 is 2.82 bits per heavy atom. The Morgan fingerprint density at radius 1 is 1.59 bits per heavy atom. The van der Waals surface area contributed by atoms with Crippen LogP contribution in [0, 0.1) is 5.92 Å². The summed E-state index contributed by atoms with van der Waals surface area (Å²) in [7, 11) is -3.51. The summed E-state index contributed by atoms with van der Waals surface area (Å²) in [6.07, 6.45) is 4.81. The van der Waals surface area contributed by atoms with E-state index in [0.29, 0.717) is 19.0 Å². The lowest BCUT2D eigenvalue weighted by Crippen LogP contribution is -2.25. The summed E-state index contributed by atoms with van der Waals surface area (Å²) in [6, 6.07) is 0. The van der Waals surface area contributed by atoms with Crippen molar-refractivity contribution in [2.24, 2.45) is 5.92 Å². The Labute approximate surface area is 101 Å². The zero-order valence-corrected chi connectivity index (χ0v) is 10.7. The highest BCUT2D eigenvalue weighted by Gasteiger charge is 2.24. The number of hydrogen-bond donors (Lipinski definition) is 2. The second-order valence-electron chi connectivity index (χ2n) is 4.36. The van der Waals surface area contributed by atoms with Gasteiger partial charge in [0.05, 0.1) is 0 Å². The van der Waals surface area contributed by atoms with E-state index in [1.54, 1.807) is 0 Å². The van der Waals surface area contributed by atoms with Gasteiger partial charge in [0.25, 0.3) is 0 Å². The first-order chi connectivity index (χ1) is 8.03. The van der Waals surface area contributed by atoms with Gasteiger partial charge in [-0.1, -0.05) is 12.8 Å². The molecule has 1 aromatic heterocycles. The summed E-state index contributed by atoms with van der Waals surface area (Å²) in [4.78, 5) is 0.0788. The Kier molecular flexibility index (Phi) is 3.39. The molecule has 17 heavy (non-hydrogen) atoms. The summed E-state index contributed by atoms with van der Waals surface area (Å²) >= 11 is 0. The number of nitrogen functional groups attached to an aromatic ring is 1. The highest BCUT2D eigenvalue weighted by atomic mass is 32.2. The van der Waals surface area contributed by atoms with Crippen molar-refractivity contribution in [1.82, 2.24) is 14.5 Å². The molecule has 0 amide bonds. The van der Waals surface area contributed by atoms with Crippen molar-refractivity contribution in [2.45, 2.75) is 37.6 Å². The van der Waals surface area contributed by atoms with Crippen LogP contribution in [0.2, 0.25) is 0 Å². The molecule has 0 aromatic carbocycles. The number of hydrogen-bond acceptors (Lipinski definition) is 4. The molecule has 1 aromatic rings. The van der Waals surface area contributed by atoms with Crippen LogP contribution in [-0.4, -0.2) is 24.7 Å². The topological polar surface area (TPSA) is 90.0 Å². The fraction of sp³-hybridized carbons (Fsp3) is 0.700. The predicted molar refractivity (Wildman–Crippen MR) is 64.8 cm³/mol. The maximum absolute atomic E-state index is 11.9. The van der Waals surface area contributed by atoms with E-state index < -0.39 is 10.0 Å². The van der Waals surface area contributed by atoms with Crippen LogP contribution < -0.4 is 10.5 Å². The second-order valence-corrected chi connectivity index (χ2v) is 6.10. The van der Waals surface area contributed by atoms with E-state index in [0.717, 1.165) is 6.42 Å². The highest BCUT2D eigenvalue weighted by molar-refractivity contribution is 7.89. The monoisotopic (exact) mass is 258 g/mol. The molecule has 1 aliphatic carbocycles. The molecule has 6 nitrogen and oxygen atoms in total. The minimum Gasteiger partial charge on any atom is -0.381 e. The Balaban J connectivity index is 2.03. The van der Waals surface area contributed by atoms with Crippen molar-refractivity contribution in [3.63, 3.8) is 0 Å².